The lowest BCUT2D eigenvalue weighted by Gasteiger charge is -2.03. The highest BCUT2D eigenvalue weighted by atomic mass is 31.2. The van der Waals surface area contributed by atoms with Gasteiger partial charge in [0.25, 0.3) is 0 Å². The molecule has 0 rings (SSSR count). The van der Waals surface area contributed by atoms with Gasteiger partial charge in [0.15, 0.2) is 0 Å². The Kier molecular flexibility index (Phi) is 30.3. The third kappa shape index (κ3) is 43.5. The summed E-state index contributed by atoms with van der Waals surface area (Å²) in [7, 11) is -4.64. The van der Waals surface area contributed by atoms with Crippen LogP contribution in [0.25, 0.3) is 0 Å². The van der Waals surface area contributed by atoms with E-state index in [2.05, 4.69) is 31.4 Å². The second-order valence-corrected chi connectivity index (χ2v) is 10.0. The molecule has 0 radical (unpaired) electrons. The molecular formula is C26H56NO4P. The largest absolute Gasteiger partial charge is 0.466 e. The summed E-state index contributed by atoms with van der Waals surface area (Å²) >= 11 is 0. The topological polar surface area (TPSA) is 89.8 Å². The van der Waals surface area contributed by atoms with Crippen LogP contribution in [0.3, 0.4) is 0 Å². The summed E-state index contributed by atoms with van der Waals surface area (Å²) in [6, 6.07) is 0. The fourth-order valence-electron chi connectivity index (χ4n) is 3.71. The molecule has 0 aromatic heterocycles. The molecule has 0 unspecified atom stereocenters. The third-order valence-corrected chi connectivity index (χ3v) is 5.63. The van der Waals surface area contributed by atoms with E-state index in [1.165, 1.54) is 135 Å². The molecule has 0 spiro atoms. The zero-order valence-corrected chi connectivity index (χ0v) is 22.3. The van der Waals surface area contributed by atoms with Crippen molar-refractivity contribution in [1.82, 2.24) is 5.32 Å². The van der Waals surface area contributed by atoms with Crippen LogP contribution >= 0.6 is 7.82 Å². The predicted octanol–water partition coefficient (Wildman–Crippen LogP) is 8.39. The minimum Gasteiger partial charge on any atom is -0.391 e. The van der Waals surface area contributed by atoms with Gasteiger partial charge in [-0.2, -0.15) is 0 Å². The van der Waals surface area contributed by atoms with Gasteiger partial charge in [-0.3, -0.25) is 0 Å². The summed E-state index contributed by atoms with van der Waals surface area (Å²) in [6.07, 6.45) is 34.3. The van der Waals surface area contributed by atoms with Gasteiger partial charge in [0.05, 0.1) is 0 Å². The van der Waals surface area contributed by atoms with Crippen molar-refractivity contribution >= 4 is 7.82 Å². The van der Waals surface area contributed by atoms with E-state index in [9.17, 15) is 0 Å². The first-order chi connectivity index (χ1) is 15.4. The zero-order valence-electron chi connectivity index (χ0n) is 21.4. The van der Waals surface area contributed by atoms with Crippen molar-refractivity contribution in [1.29, 1.82) is 0 Å². The van der Waals surface area contributed by atoms with Crippen LogP contribution in [-0.4, -0.2) is 21.2 Å². The molecule has 0 aliphatic rings. The van der Waals surface area contributed by atoms with Crippen LogP contribution in [0.4, 0.5) is 0 Å². The summed E-state index contributed by atoms with van der Waals surface area (Å²) in [5.41, 5.74) is 0. The van der Waals surface area contributed by atoms with Gasteiger partial charge in [-0.25, -0.2) is 4.57 Å². The number of unbranched alkanes of at least 4 members (excludes halogenated alkanes) is 19. The first-order valence-electron chi connectivity index (χ1n) is 13.6. The molecule has 0 atom stereocenters. The molecule has 0 saturated heterocycles. The summed E-state index contributed by atoms with van der Waals surface area (Å²) in [5, 5.41) is 3.45. The van der Waals surface area contributed by atoms with E-state index in [0.29, 0.717) is 0 Å². The Hall–Kier alpha value is -0.350. The van der Waals surface area contributed by atoms with Crippen LogP contribution in [0.5, 0.6) is 0 Å². The lowest BCUT2D eigenvalue weighted by Crippen LogP contribution is -2.06. The van der Waals surface area contributed by atoms with Crippen LogP contribution < -0.4 is 5.32 Å². The first kappa shape index (κ1) is 33.8. The molecule has 0 amide bonds. The Labute approximate surface area is 200 Å². The molecule has 5 nitrogen and oxygen atoms in total. The molecule has 0 bridgehead atoms. The van der Waals surface area contributed by atoms with Crippen LogP contribution in [0.2, 0.25) is 0 Å². The Bertz CT molecular complexity index is 404. The van der Waals surface area contributed by atoms with E-state index >= 15 is 0 Å². The molecule has 0 saturated carbocycles. The van der Waals surface area contributed by atoms with Crippen molar-refractivity contribution in [2.24, 2.45) is 0 Å². The van der Waals surface area contributed by atoms with Crippen molar-refractivity contribution < 1.29 is 19.2 Å². The fourth-order valence-corrected chi connectivity index (χ4v) is 3.71. The summed E-state index contributed by atoms with van der Waals surface area (Å²) < 4.78 is 8.88. The molecule has 32 heavy (non-hydrogen) atoms. The number of phosphoric acid groups is 1. The SMILES string of the molecule is CCCCCCCCCCCCCCCCC=CNCCCCCCCC.O=P(O)(O)O. The molecule has 6 heteroatoms. The molecule has 0 aliphatic heterocycles. The Balaban J connectivity index is 0. The van der Waals surface area contributed by atoms with E-state index in [4.69, 9.17) is 19.2 Å². The van der Waals surface area contributed by atoms with Gasteiger partial charge in [-0.05, 0) is 25.5 Å². The van der Waals surface area contributed by atoms with E-state index in [1.807, 2.05) is 0 Å². The molecular weight excluding hydrogens is 421 g/mol. The first-order valence-corrected chi connectivity index (χ1v) is 15.1. The van der Waals surface area contributed by atoms with Gasteiger partial charge in [0.2, 0.25) is 0 Å². The highest BCUT2D eigenvalue weighted by molar-refractivity contribution is 7.45. The zero-order chi connectivity index (χ0) is 24.2. The van der Waals surface area contributed by atoms with Gasteiger partial charge in [0.1, 0.15) is 0 Å². The summed E-state index contributed by atoms with van der Waals surface area (Å²) in [4.78, 5) is 21.6. The molecule has 0 aromatic carbocycles. The maximum absolute atomic E-state index is 8.88. The monoisotopic (exact) mass is 477 g/mol. The van der Waals surface area contributed by atoms with Gasteiger partial charge >= 0.3 is 7.82 Å². The normalized spacial score (nSPS) is 11.5. The highest BCUT2D eigenvalue weighted by Gasteiger charge is 2.00. The van der Waals surface area contributed by atoms with E-state index < -0.39 is 7.82 Å². The quantitative estimate of drug-likeness (QED) is 0.0876. The van der Waals surface area contributed by atoms with Gasteiger partial charge in [0, 0.05) is 6.54 Å². The van der Waals surface area contributed by atoms with Crippen LogP contribution in [-0.2, 0) is 4.57 Å². The maximum atomic E-state index is 8.88. The smallest absolute Gasteiger partial charge is 0.391 e. The second-order valence-electron chi connectivity index (χ2n) is 9.02. The van der Waals surface area contributed by atoms with Gasteiger partial charge in [-0.15, -0.1) is 0 Å². The molecule has 194 valence electrons. The van der Waals surface area contributed by atoms with E-state index in [1.54, 1.807) is 0 Å². The molecule has 0 aliphatic carbocycles. The number of allylic oxidation sites excluding steroid dienone is 1. The third-order valence-electron chi connectivity index (χ3n) is 5.63. The Morgan fingerprint density at radius 1 is 0.562 bits per heavy atom. The average molecular weight is 478 g/mol. The van der Waals surface area contributed by atoms with Crippen LogP contribution in [0.1, 0.15) is 149 Å². The highest BCUT2D eigenvalue weighted by Crippen LogP contribution is 2.25. The minimum atomic E-state index is -4.64. The van der Waals surface area contributed by atoms with Crippen molar-refractivity contribution in [3.8, 4) is 0 Å². The standard InChI is InChI=1S/C26H53N.H3O4P/c1-3-5-7-9-11-12-13-14-15-16-17-18-19-20-22-24-26-27-25-23-21-10-8-6-4-2;1-5(2,3)4/h24,26-27H,3-23,25H2,1-2H3;(H3,1,2,3,4). The molecule has 4 N–H and O–H groups in total. The lowest BCUT2D eigenvalue weighted by molar-refractivity contribution is 0.275. The Morgan fingerprint density at radius 2 is 0.875 bits per heavy atom. The van der Waals surface area contributed by atoms with Crippen LogP contribution in [0.15, 0.2) is 12.3 Å². The summed E-state index contributed by atoms with van der Waals surface area (Å²) in [6.45, 7) is 5.73. The number of hydrogen-bond acceptors (Lipinski definition) is 2. The van der Waals surface area contributed by atoms with Crippen molar-refractivity contribution in [3.05, 3.63) is 12.3 Å². The number of rotatable bonds is 23. The molecule has 0 aromatic rings. The van der Waals surface area contributed by atoms with Gasteiger partial charge in [-0.1, -0.05) is 135 Å². The summed E-state index contributed by atoms with van der Waals surface area (Å²) in [5.74, 6) is 0. The Morgan fingerprint density at radius 3 is 1.25 bits per heavy atom. The van der Waals surface area contributed by atoms with E-state index in [-0.39, 0.29) is 0 Å². The van der Waals surface area contributed by atoms with Crippen molar-refractivity contribution in [2.45, 2.75) is 149 Å². The average Bonchev–Trinajstić information content (AvgIpc) is 2.73. The predicted molar refractivity (Wildman–Crippen MR) is 140 cm³/mol. The molecule has 0 fully saturated rings. The second kappa shape index (κ2) is 28.7. The maximum Gasteiger partial charge on any atom is 0.466 e. The minimum absolute atomic E-state index is 1.15. The number of nitrogens with one attached hydrogen (secondary N) is 1. The van der Waals surface area contributed by atoms with Crippen molar-refractivity contribution in [2.75, 3.05) is 6.54 Å². The molecule has 0 heterocycles. The van der Waals surface area contributed by atoms with Gasteiger partial charge < -0.3 is 20.0 Å². The van der Waals surface area contributed by atoms with Crippen molar-refractivity contribution in [3.63, 3.8) is 0 Å². The van der Waals surface area contributed by atoms with E-state index in [0.717, 1.165) is 6.54 Å². The fraction of sp³-hybridized carbons (Fsp3) is 0.923. The lowest BCUT2D eigenvalue weighted by atomic mass is 10.0. The number of hydrogen-bond donors (Lipinski definition) is 4. The van der Waals surface area contributed by atoms with Crippen LogP contribution in [0, 0.1) is 0 Å².